The van der Waals surface area contributed by atoms with Gasteiger partial charge in [0, 0.05) is 5.92 Å². The van der Waals surface area contributed by atoms with Gasteiger partial charge in [0.2, 0.25) is 0 Å². The van der Waals surface area contributed by atoms with Gasteiger partial charge in [-0.1, -0.05) is 26.0 Å². The lowest BCUT2D eigenvalue weighted by Crippen LogP contribution is -2.25. The van der Waals surface area contributed by atoms with Gasteiger partial charge in [0.05, 0.1) is 6.04 Å². The molecular weight excluding hydrogens is 178 g/mol. The summed E-state index contributed by atoms with van der Waals surface area (Å²) in [4.78, 5) is 11.5. The van der Waals surface area contributed by atoms with Crippen molar-refractivity contribution in [3.63, 3.8) is 0 Å². The Morgan fingerprint density at radius 1 is 1.29 bits per heavy atom. The molecule has 0 saturated heterocycles. The van der Waals surface area contributed by atoms with Crippen molar-refractivity contribution in [1.29, 1.82) is 0 Å². The van der Waals surface area contributed by atoms with E-state index < -0.39 is 6.04 Å². The van der Waals surface area contributed by atoms with E-state index in [0.717, 1.165) is 5.56 Å². The van der Waals surface area contributed by atoms with Crippen LogP contribution in [-0.2, 0) is 4.79 Å². The first-order valence-electron chi connectivity index (χ1n) is 4.60. The third-order valence-corrected chi connectivity index (χ3v) is 2.13. The van der Waals surface area contributed by atoms with Gasteiger partial charge in [-0.05, 0) is 17.7 Å². The van der Waals surface area contributed by atoms with Crippen LogP contribution in [0.25, 0.3) is 0 Å². The standard InChI is InChI=1S/C11H15NO2/c1-7(2)11(14)10(12)8-3-5-9(13)6-4-8/h3-7,10,13H,12H2,1-2H3. The molecule has 76 valence electrons. The van der Waals surface area contributed by atoms with Crippen molar-refractivity contribution in [3.8, 4) is 5.75 Å². The maximum Gasteiger partial charge on any atom is 0.156 e. The second-order valence-corrected chi connectivity index (χ2v) is 3.63. The Balaban J connectivity index is 2.84. The van der Waals surface area contributed by atoms with Gasteiger partial charge in [-0.3, -0.25) is 4.79 Å². The lowest BCUT2D eigenvalue weighted by atomic mass is 9.96. The Kier molecular flexibility index (Phi) is 3.25. The third kappa shape index (κ3) is 2.33. The van der Waals surface area contributed by atoms with E-state index in [1.54, 1.807) is 12.1 Å². The first kappa shape index (κ1) is 10.7. The minimum Gasteiger partial charge on any atom is -0.508 e. The highest BCUT2D eigenvalue weighted by molar-refractivity contribution is 5.86. The predicted molar refractivity (Wildman–Crippen MR) is 54.9 cm³/mol. The maximum atomic E-state index is 11.5. The highest BCUT2D eigenvalue weighted by atomic mass is 16.3. The van der Waals surface area contributed by atoms with Crippen LogP contribution in [0.1, 0.15) is 25.5 Å². The molecule has 3 N–H and O–H groups in total. The summed E-state index contributed by atoms with van der Waals surface area (Å²) in [7, 11) is 0. The molecule has 14 heavy (non-hydrogen) atoms. The Hall–Kier alpha value is -1.35. The summed E-state index contributed by atoms with van der Waals surface area (Å²) in [5.74, 6) is 0.118. The SMILES string of the molecule is CC(C)C(=O)C(N)c1ccc(O)cc1. The van der Waals surface area contributed by atoms with Crippen LogP contribution in [-0.4, -0.2) is 10.9 Å². The molecule has 0 heterocycles. The lowest BCUT2D eigenvalue weighted by molar-refractivity contribution is -0.123. The van der Waals surface area contributed by atoms with Gasteiger partial charge in [0.25, 0.3) is 0 Å². The zero-order valence-electron chi connectivity index (χ0n) is 8.40. The molecular formula is C11H15NO2. The van der Waals surface area contributed by atoms with Crippen LogP contribution in [0, 0.1) is 5.92 Å². The van der Waals surface area contributed by atoms with Gasteiger partial charge >= 0.3 is 0 Å². The third-order valence-electron chi connectivity index (χ3n) is 2.13. The van der Waals surface area contributed by atoms with Crippen LogP contribution < -0.4 is 5.73 Å². The number of nitrogens with two attached hydrogens (primary N) is 1. The van der Waals surface area contributed by atoms with E-state index >= 15 is 0 Å². The number of hydrogen-bond donors (Lipinski definition) is 2. The van der Waals surface area contributed by atoms with Crippen LogP contribution in [0.4, 0.5) is 0 Å². The summed E-state index contributed by atoms with van der Waals surface area (Å²) in [5.41, 5.74) is 6.50. The van der Waals surface area contributed by atoms with Crippen LogP contribution in [0.5, 0.6) is 5.75 Å². The maximum absolute atomic E-state index is 11.5. The fourth-order valence-electron chi connectivity index (χ4n) is 1.21. The molecule has 1 aromatic carbocycles. The molecule has 0 aliphatic heterocycles. The quantitative estimate of drug-likeness (QED) is 0.766. The molecule has 0 saturated carbocycles. The van der Waals surface area contributed by atoms with E-state index in [1.807, 2.05) is 13.8 Å². The predicted octanol–water partition coefficient (Wildman–Crippen LogP) is 1.62. The summed E-state index contributed by atoms with van der Waals surface area (Å²) in [6.45, 7) is 3.64. The molecule has 0 aliphatic rings. The molecule has 1 unspecified atom stereocenters. The van der Waals surface area contributed by atoms with Crippen molar-refractivity contribution < 1.29 is 9.90 Å². The number of benzene rings is 1. The number of Topliss-reactive ketones (excluding diaryl/α,β-unsaturated/α-hetero) is 1. The van der Waals surface area contributed by atoms with E-state index in [2.05, 4.69) is 0 Å². The highest BCUT2D eigenvalue weighted by Crippen LogP contribution is 2.18. The van der Waals surface area contributed by atoms with E-state index in [0.29, 0.717) is 0 Å². The molecule has 0 fully saturated rings. The van der Waals surface area contributed by atoms with E-state index in [4.69, 9.17) is 10.8 Å². The molecule has 0 aliphatic carbocycles. The molecule has 0 aromatic heterocycles. The van der Waals surface area contributed by atoms with Crippen molar-refractivity contribution >= 4 is 5.78 Å². The van der Waals surface area contributed by atoms with E-state index in [9.17, 15) is 4.79 Å². The van der Waals surface area contributed by atoms with Crippen molar-refractivity contribution in [1.82, 2.24) is 0 Å². The molecule has 0 amide bonds. The molecule has 0 spiro atoms. The number of carbonyl (C=O) groups is 1. The second-order valence-electron chi connectivity index (χ2n) is 3.63. The van der Waals surface area contributed by atoms with Gasteiger partial charge in [-0.15, -0.1) is 0 Å². The van der Waals surface area contributed by atoms with Gasteiger partial charge in [0.15, 0.2) is 5.78 Å². The van der Waals surface area contributed by atoms with Crippen molar-refractivity contribution in [2.45, 2.75) is 19.9 Å². The number of ketones is 1. The molecule has 1 atom stereocenters. The van der Waals surface area contributed by atoms with Crippen molar-refractivity contribution in [2.75, 3.05) is 0 Å². The fraction of sp³-hybridized carbons (Fsp3) is 0.364. The minimum absolute atomic E-state index is 0.00990. The topological polar surface area (TPSA) is 63.3 Å². The van der Waals surface area contributed by atoms with E-state index in [1.165, 1.54) is 12.1 Å². The van der Waals surface area contributed by atoms with Crippen LogP contribution in [0.15, 0.2) is 24.3 Å². The number of phenolic OH excluding ortho intramolecular Hbond substituents is 1. The normalized spacial score (nSPS) is 12.9. The molecule has 3 heteroatoms. The van der Waals surface area contributed by atoms with Gasteiger partial charge in [-0.25, -0.2) is 0 Å². The van der Waals surface area contributed by atoms with E-state index in [-0.39, 0.29) is 17.5 Å². The zero-order valence-corrected chi connectivity index (χ0v) is 8.40. The summed E-state index contributed by atoms with van der Waals surface area (Å²) >= 11 is 0. The van der Waals surface area contributed by atoms with Crippen molar-refractivity contribution in [3.05, 3.63) is 29.8 Å². The zero-order chi connectivity index (χ0) is 10.7. The number of carbonyl (C=O) groups excluding carboxylic acids is 1. The number of hydrogen-bond acceptors (Lipinski definition) is 3. The van der Waals surface area contributed by atoms with Crippen LogP contribution in [0.2, 0.25) is 0 Å². The Bertz CT molecular complexity index is 317. The van der Waals surface area contributed by atoms with Crippen LogP contribution >= 0.6 is 0 Å². The fourth-order valence-corrected chi connectivity index (χ4v) is 1.21. The molecule has 0 bridgehead atoms. The van der Waals surface area contributed by atoms with Gasteiger partial charge in [-0.2, -0.15) is 0 Å². The summed E-state index contributed by atoms with van der Waals surface area (Å²) in [6.07, 6.45) is 0. The average Bonchev–Trinajstić information content (AvgIpc) is 2.16. The number of aromatic hydroxyl groups is 1. The number of rotatable bonds is 3. The summed E-state index contributed by atoms with van der Waals surface area (Å²) < 4.78 is 0. The largest absolute Gasteiger partial charge is 0.508 e. The molecule has 3 nitrogen and oxygen atoms in total. The van der Waals surface area contributed by atoms with Gasteiger partial charge < -0.3 is 10.8 Å². The lowest BCUT2D eigenvalue weighted by Gasteiger charge is -2.13. The minimum atomic E-state index is -0.587. The first-order chi connectivity index (χ1) is 6.52. The summed E-state index contributed by atoms with van der Waals surface area (Å²) in [6, 6.07) is 5.81. The van der Waals surface area contributed by atoms with Crippen molar-refractivity contribution in [2.24, 2.45) is 11.7 Å². The second kappa shape index (κ2) is 4.24. The Labute approximate surface area is 83.6 Å². The number of phenols is 1. The highest BCUT2D eigenvalue weighted by Gasteiger charge is 2.18. The Morgan fingerprint density at radius 2 is 1.79 bits per heavy atom. The molecule has 1 aromatic rings. The monoisotopic (exact) mass is 193 g/mol. The smallest absolute Gasteiger partial charge is 0.156 e. The van der Waals surface area contributed by atoms with Gasteiger partial charge in [0.1, 0.15) is 5.75 Å². The Morgan fingerprint density at radius 3 is 2.21 bits per heavy atom. The summed E-state index contributed by atoms with van der Waals surface area (Å²) in [5, 5.41) is 9.06. The molecule has 1 rings (SSSR count). The molecule has 0 radical (unpaired) electrons. The van der Waals surface area contributed by atoms with Crippen LogP contribution in [0.3, 0.4) is 0 Å². The average molecular weight is 193 g/mol. The first-order valence-corrected chi connectivity index (χ1v) is 4.60.